The van der Waals surface area contributed by atoms with Crippen LogP contribution < -0.4 is 0 Å². The minimum Gasteiger partial charge on any atom is -0.481 e. The Kier molecular flexibility index (Phi) is 6.75. The molecule has 2 rings (SSSR count). The molecule has 0 radical (unpaired) electrons. The number of carboxylic acids is 1. The molecule has 1 aromatic rings. The highest BCUT2D eigenvalue weighted by atomic mass is 16.5. The molecule has 0 bridgehead atoms. The van der Waals surface area contributed by atoms with Gasteiger partial charge in [-0.15, -0.1) is 0 Å². The molecule has 1 aliphatic rings. The molecule has 1 amide bonds. The molecule has 1 fully saturated rings. The summed E-state index contributed by atoms with van der Waals surface area (Å²) >= 11 is 0. The number of carboxylic acid groups (broad SMARTS) is 1. The van der Waals surface area contributed by atoms with Gasteiger partial charge in [-0.3, -0.25) is 9.59 Å². The lowest BCUT2D eigenvalue weighted by Gasteiger charge is -2.21. The Morgan fingerprint density at radius 2 is 2.00 bits per heavy atom. The number of amides is 1. The summed E-state index contributed by atoms with van der Waals surface area (Å²) in [5.41, 5.74) is 0. The zero-order valence-electron chi connectivity index (χ0n) is 14.5. The van der Waals surface area contributed by atoms with E-state index in [1.165, 1.54) is 37.0 Å². The minimum absolute atomic E-state index is 0.0160. The smallest absolute Gasteiger partial charge is 0.304 e. The maximum absolute atomic E-state index is 11.8. The molecule has 1 N–H and O–H groups in total. The normalized spacial score (nSPS) is 16.8. The van der Waals surface area contributed by atoms with E-state index in [9.17, 15) is 9.59 Å². The standard InChI is InChI=1S/C17H27N3O4/c1-20(2)17(23)15-18-16(24-19-15)13(11-14(21)22)10-6-9-12-7-4-3-5-8-12/h12-13H,3-11H2,1-2H3,(H,21,22)/t13-/m1/s1. The average Bonchev–Trinajstić information content (AvgIpc) is 3.03. The topological polar surface area (TPSA) is 96.5 Å². The van der Waals surface area contributed by atoms with Gasteiger partial charge in [-0.25, -0.2) is 0 Å². The first kappa shape index (κ1) is 18.4. The van der Waals surface area contributed by atoms with E-state index in [0.717, 1.165) is 18.8 Å². The number of carbonyl (C=O) groups excluding carboxylic acids is 1. The van der Waals surface area contributed by atoms with Crippen molar-refractivity contribution >= 4 is 11.9 Å². The first-order valence-electron chi connectivity index (χ1n) is 8.74. The number of carbonyl (C=O) groups is 2. The quantitative estimate of drug-likeness (QED) is 0.783. The van der Waals surface area contributed by atoms with Gasteiger partial charge in [-0.1, -0.05) is 50.1 Å². The van der Waals surface area contributed by atoms with E-state index >= 15 is 0 Å². The van der Waals surface area contributed by atoms with Gasteiger partial charge in [-0.05, 0) is 12.3 Å². The van der Waals surface area contributed by atoms with E-state index in [1.807, 2.05) is 0 Å². The number of nitrogens with zero attached hydrogens (tertiary/aromatic N) is 3. The third kappa shape index (κ3) is 5.32. The van der Waals surface area contributed by atoms with Gasteiger partial charge in [-0.2, -0.15) is 4.98 Å². The summed E-state index contributed by atoms with van der Waals surface area (Å²) < 4.78 is 5.17. The fourth-order valence-electron chi connectivity index (χ4n) is 3.34. The molecule has 7 nitrogen and oxygen atoms in total. The van der Waals surface area contributed by atoms with E-state index in [4.69, 9.17) is 9.63 Å². The molecule has 0 spiro atoms. The highest BCUT2D eigenvalue weighted by Crippen LogP contribution is 2.31. The first-order chi connectivity index (χ1) is 11.5. The number of aromatic nitrogens is 2. The molecule has 7 heteroatoms. The minimum atomic E-state index is -0.892. The van der Waals surface area contributed by atoms with Gasteiger partial charge in [0.05, 0.1) is 6.42 Å². The number of hydrogen-bond donors (Lipinski definition) is 1. The molecule has 0 saturated heterocycles. The second kappa shape index (κ2) is 8.80. The van der Waals surface area contributed by atoms with Crippen LogP contribution in [0.25, 0.3) is 0 Å². The monoisotopic (exact) mass is 337 g/mol. The summed E-state index contributed by atoms with van der Waals surface area (Å²) in [6, 6.07) is 0. The summed E-state index contributed by atoms with van der Waals surface area (Å²) in [5, 5.41) is 12.8. The highest BCUT2D eigenvalue weighted by Gasteiger charge is 2.25. The Bertz CT molecular complexity index is 550. The molecule has 1 atom stereocenters. The summed E-state index contributed by atoms with van der Waals surface area (Å²) in [5.74, 6) is -0.568. The molecule has 1 aliphatic carbocycles. The number of rotatable bonds is 8. The lowest BCUT2D eigenvalue weighted by Crippen LogP contribution is -2.23. The summed E-state index contributed by atoms with van der Waals surface area (Å²) in [4.78, 5) is 28.5. The molecule has 24 heavy (non-hydrogen) atoms. The lowest BCUT2D eigenvalue weighted by molar-refractivity contribution is -0.137. The predicted octanol–water partition coefficient (Wildman–Crippen LogP) is 3.08. The number of hydrogen-bond acceptors (Lipinski definition) is 5. The third-order valence-corrected chi connectivity index (χ3v) is 4.70. The van der Waals surface area contributed by atoms with Crippen molar-refractivity contribution in [2.45, 2.75) is 63.7 Å². The van der Waals surface area contributed by atoms with Crippen molar-refractivity contribution in [2.24, 2.45) is 5.92 Å². The molecular weight excluding hydrogens is 310 g/mol. The van der Waals surface area contributed by atoms with Crippen molar-refractivity contribution in [3.63, 3.8) is 0 Å². The fraction of sp³-hybridized carbons (Fsp3) is 0.765. The Balaban J connectivity index is 1.94. The third-order valence-electron chi connectivity index (χ3n) is 4.70. The van der Waals surface area contributed by atoms with E-state index < -0.39 is 5.97 Å². The Morgan fingerprint density at radius 1 is 1.29 bits per heavy atom. The Morgan fingerprint density at radius 3 is 2.62 bits per heavy atom. The Hall–Kier alpha value is -1.92. The maximum atomic E-state index is 11.8. The second-order valence-corrected chi connectivity index (χ2v) is 6.89. The average molecular weight is 337 g/mol. The van der Waals surface area contributed by atoms with Crippen LogP contribution in [-0.4, -0.2) is 46.1 Å². The van der Waals surface area contributed by atoms with Crippen LogP contribution in [0.1, 0.15) is 80.2 Å². The molecule has 0 aromatic carbocycles. The van der Waals surface area contributed by atoms with Gasteiger partial charge in [0.25, 0.3) is 11.7 Å². The van der Waals surface area contributed by atoms with Gasteiger partial charge in [0.2, 0.25) is 5.89 Å². The van der Waals surface area contributed by atoms with Crippen molar-refractivity contribution in [1.29, 1.82) is 0 Å². The van der Waals surface area contributed by atoms with E-state index in [2.05, 4.69) is 10.1 Å². The largest absolute Gasteiger partial charge is 0.481 e. The zero-order valence-corrected chi connectivity index (χ0v) is 14.5. The van der Waals surface area contributed by atoms with Gasteiger partial charge >= 0.3 is 5.97 Å². The van der Waals surface area contributed by atoms with Crippen LogP contribution >= 0.6 is 0 Å². The van der Waals surface area contributed by atoms with Gasteiger partial charge in [0, 0.05) is 20.0 Å². The first-order valence-corrected chi connectivity index (χ1v) is 8.74. The van der Waals surface area contributed by atoms with Crippen molar-refractivity contribution in [3.05, 3.63) is 11.7 Å². The predicted molar refractivity (Wildman–Crippen MR) is 87.7 cm³/mol. The van der Waals surface area contributed by atoms with Crippen LogP contribution in [0, 0.1) is 5.92 Å². The van der Waals surface area contributed by atoms with Crippen LogP contribution in [0.4, 0.5) is 0 Å². The van der Waals surface area contributed by atoms with Crippen molar-refractivity contribution in [1.82, 2.24) is 15.0 Å². The van der Waals surface area contributed by atoms with Crippen LogP contribution in [0.5, 0.6) is 0 Å². The number of aliphatic carboxylic acids is 1. The SMILES string of the molecule is CN(C)C(=O)c1noc([C@H](CCCC2CCCCC2)CC(=O)O)n1. The highest BCUT2D eigenvalue weighted by molar-refractivity contribution is 5.89. The fourth-order valence-corrected chi connectivity index (χ4v) is 3.34. The summed E-state index contributed by atoms with van der Waals surface area (Å²) in [6.45, 7) is 0. The second-order valence-electron chi connectivity index (χ2n) is 6.89. The van der Waals surface area contributed by atoms with E-state index in [-0.39, 0.29) is 30.0 Å². The van der Waals surface area contributed by atoms with Crippen molar-refractivity contribution in [2.75, 3.05) is 14.1 Å². The van der Waals surface area contributed by atoms with Gasteiger partial charge < -0.3 is 14.5 Å². The van der Waals surface area contributed by atoms with E-state index in [1.54, 1.807) is 14.1 Å². The summed E-state index contributed by atoms with van der Waals surface area (Å²) in [6.07, 6.45) is 9.23. The van der Waals surface area contributed by atoms with Crippen molar-refractivity contribution in [3.8, 4) is 0 Å². The van der Waals surface area contributed by atoms with Crippen LogP contribution in [-0.2, 0) is 4.79 Å². The summed E-state index contributed by atoms with van der Waals surface area (Å²) in [7, 11) is 3.22. The Labute approximate surface area is 142 Å². The zero-order chi connectivity index (χ0) is 17.5. The molecule has 1 aromatic heterocycles. The molecule has 0 aliphatic heterocycles. The van der Waals surface area contributed by atoms with Crippen LogP contribution in [0.3, 0.4) is 0 Å². The van der Waals surface area contributed by atoms with Crippen molar-refractivity contribution < 1.29 is 19.2 Å². The molecule has 1 heterocycles. The van der Waals surface area contributed by atoms with Crippen LogP contribution in [0.15, 0.2) is 4.52 Å². The maximum Gasteiger partial charge on any atom is 0.304 e. The lowest BCUT2D eigenvalue weighted by atomic mass is 9.84. The van der Waals surface area contributed by atoms with Crippen LogP contribution in [0.2, 0.25) is 0 Å². The van der Waals surface area contributed by atoms with Gasteiger partial charge in [0.15, 0.2) is 0 Å². The van der Waals surface area contributed by atoms with E-state index in [0.29, 0.717) is 6.42 Å². The molecular formula is C17H27N3O4. The van der Waals surface area contributed by atoms with Gasteiger partial charge in [0.1, 0.15) is 0 Å². The molecule has 134 valence electrons. The molecule has 1 saturated carbocycles. The molecule has 0 unspecified atom stereocenters.